The molecule has 1 fully saturated rings. The van der Waals surface area contributed by atoms with Crippen molar-refractivity contribution in [1.82, 2.24) is 4.98 Å². The first-order valence-electron chi connectivity index (χ1n) is 10.0. The number of rotatable bonds is 5. The molecule has 0 saturated carbocycles. The maximum Gasteiger partial charge on any atom is 0.300 e. The average Bonchev–Trinajstić information content (AvgIpc) is 3.06. The Kier molecular flexibility index (Phi) is 5.54. The number of anilines is 1. The minimum absolute atomic E-state index is 0.0425. The number of ketones is 1. The summed E-state index contributed by atoms with van der Waals surface area (Å²) < 4.78 is 5.52. The van der Waals surface area contributed by atoms with E-state index in [4.69, 9.17) is 4.74 Å². The van der Waals surface area contributed by atoms with Crippen LogP contribution in [0.1, 0.15) is 29.7 Å². The van der Waals surface area contributed by atoms with Gasteiger partial charge in [0.05, 0.1) is 18.2 Å². The number of aryl methyl sites for hydroxylation is 1. The van der Waals surface area contributed by atoms with Crippen LogP contribution in [0.3, 0.4) is 0 Å². The lowest BCUT2D eigenvalue weighted by Gasteiger charge is -2.25. The lowest BCUT2D eigenvalue weighted by Crippen LogP contribution is -2.29. The van der Waals surface area contributed by atoms with E-state index < -0.39 is 17.7 Å². The fourth-order valence-electron chi connectivity index (χ4n) is 3.70. The second-order valence-electron chi connectivity index (χ2n) is 7.24. The molecule has 1 unspecified atom stereocenters. The van der Waals surface area contributed by atoms with Crippen molar-refractivity contribution in [2.24, 2.45) is 0 Å². The minimum Gasteiger partial charge on any atom is -0.507 e. The number of aliphatic hydroxyl groups is 1. The van der Waals surface area contributed by atoms with Crippen LogP contribution in [0.4, 0.5) is 5.69 Å². The molecule has 1 saturated heterocycles. The van der Waals surface area contributed by atoms with Crippen molar-refractivity contribution in [3.05, 3.63) is 95.3 Å². The van der Waals surface area contributed by atoms with E-state index in [0.29, 0.717) is 29.2 Å². The molecule has 156 valence electrons. The van der Waals surface area contributed by atoms with Crippen molar-refractivity contribution in [3.63, 3.8) is 0 Å². The molecule has 6 heteroatoms. The summed E-state index contributed by atoms with van der Waals surface area (Å²) in [5.74, 6) is -0.950. The third kappa shape index (κ3) is 3.80. The second kappa shape index (κ2) is 8.44. The molecular weight excluding hydrogens is 392 g/mol. The molecule has 1 N–H and O–H groups in total. The normalized spacial score (nSPS) is 17.7. The van der Waals surface area contributed by atoms with Crippen LogP contribution in [-0.4, -0.2) is 28.4 Å². The highest BCUT2D eigenvalue weighted by atomic mass is 16.5. The molecule has 1 aliphatic heterocycles. The number of aliphatic hydroxyl groups excluding tert-OH is 1. The van der Waals surface area contributed by atoms with E-state index in [0.717, 1.165) is 5.56 Å². The number of nitrogens with zero attached hydrogens (tertiary/aromatic N) is 2. The molecule has 1 atom stereocenters. The number of carbonyl (C=O) groups is 2. The third-order valence-corrected chi connectivity index (χ3v) is 5.22. The Labute approximate surface area is 180 Å². The lowest BCUT2D eigenvalue weighted by molar-refractivity contribution is -0.132. The highest BCUT2D eigenvalue weighted by molar-refractivity contribution is 6.51. The molecule has 6 nitrogen and oxygen atoms in total. The monoisotopic (exact) mass is 414 g/mol. The number of hydrogen-bond acceptors (Lipinski definition) is 5. The zero-order valence-corrected chi connectivity index (χ0v) is 17.3. The van der Waals surface area contributed by atoms with E-state index in [2.05, 4.69) is 4.98 Å². The van der Waals surface area contributed by atoms with Crippen molar-refractivity contribution >= 4 is 23.1 Å². The van der Waals surface area contributed by atoms with Gasteiger partial charge < -0.3 is 9.84 Å². The van der Waals surface area contributed by atoms with Crippen molar-refractivity contribution in [2.45, 2.75) is 19.9 Å². The van der Waals surface area contributed by atoms with Crippen molar-refractivity contribution in [1.29, 1.82) is 0 Å². The number of Topliss-reactive ketones (excluding diaryl/α,β-unsaturated/α-hetero) is 1. The number of aromatic nitrogens is 1. The lowest BCUT2D eigenvalue weighted by atomic mass is 9.95. The number of ether oxygens (including phenoxy) is 1. The highest BCUT2D eigenvalue weighted by Gasteiger charge is 2.46. The predicted molar refractivity (Wildman–Crippen MR) is 118 cm³/mol. The smallest absolute Gasteiger partial charge is 0.300 e. The first-order chi connectivity index (χ1) is 15.0. The van der Waals surface area contributed by atoms with E-state index in [1.165, 1.54) is 17.3 Å². The van der Waals surface area contributed by atoms with Gasteiger partial charge in [0.15, 0.2) is 0 Å². The Morgan fingerprint density at radius 2 is 1.65 bits per heavy atom. The van der Waals surface area contributed by atoms with Gasteiger partial charge in [0.25, 0.3) is 11.7 Å². The van der Waals surface area contributed by atoms with Gasteiger partial charge in [-0.3, -0.25) is 19.5 Å². The molecule has 0 bridgehead atoms. The molecule has 3 aromatic rings. The van der Waals surface area contributed by atoms with Gasteiger partial charge in [0.2, 0.25) is 0 Å². The van der Waals surface area contributed by atoms with E-state index >= 15 is 0 Å². The van der Waals surface area contributed by atoms with Gasteiger partial charge in [-0.2, -0.15) is 0 Å². The van der Waals surface area contributed by atoms with Gasteiger partial charge in [-0.05, 0) is 55.8 Å². The maximum absolute atomic E-state index is 13.1. The molecule has 2 aromatic carbocycles. The largest absolute Gasteiger partial charge is 0.507 e. The number of amides is 1. The summed E-state index contributed by atoms with van der Waals surface area (Å²) >= 11 is 0. The fraction of sp³-hybridized carbons (Fsp3) is 0.160. The molecule has 0 spiro atoms. The molecule has 2 heterocycles. The predicted octanol–water partition coefficient (Wildman–Crippen LogP) is 4.42. The quantitative estimate of drug-likeness (QED) is 0.380. The summed E-state index contributed by atoms with van der Waals surface area (Å²) in [5.41, 5.74) is 2.78. The van der Waals surface area contributed by atoms with Crippen molar-refractivity contribution in [3.8, 4) is 5.75 Å². The van der Waals surface area contributed by atoms with Crippen LogP contribution in [0.2, 0.25) is 0 Å². The Hall–Kier alpha value is -3.93. The molecule has 0 radical (unpaired) electrons. The van der Waals surface area contributed by atoms with Gasteiger partial charge >= 0.3 is 0 Å². The van der Waals surface area contributed by atoms with E-state index in [-0.39, 0.29) is 11.3 Å². The van der Waals surface area contributed by atoms with Crippen molar-refractivity contribution in [2.75, 3.05) is 11.5 Å². The van der Waals surface area contributed by atoms with Gasteiger partial charge in [-0.1, -0.05) is 29.8 Å². The summed E-state index contributed by atoms with van der Waals surface area (Å²) in [4.78, 5) is 31.5. The van der Waals surface area contributed by atoms with Crippen LogP contribution in [0.5, 0.6) is 5.75 Å². The van der Waals surface area contributed by atoms with Crippen LogP contribution in [-0.2, 0) is 9.59 Å². The molecular formula is C25H22N2O4. The molecule has 0 aliphatic carbocycles. The Balaban J connectivity index is 1.90. The zero-order valence-electron chi connectivity index (χ0n) is 17.3. The van der Waals surface area contributed by atoms with Crippen LogP contribution < -0.4 is 9.64 Å². The zero-order chi connectivity index (χ0) is 22.0. The highest BCUT2D eigenvalue weighted by Crippen LogP contribution is 2.42. The first kappa shape index (κ1) is 20.3. The summed E-state index contributed by atoms with van der Waals surface area (Å²) in [5, 5.41) is 11.0. The van der Waals surface area contributed by atoms with Gasteiger partial charge in [-0.15, -0.1) is 0 Å². The third-order valence-electron chi connectivity index (χ3n) is 5.22. The summed E-state index contributed by atoms with van der Waals surface area (Å²) in [6.07, 6.45) is 3.05. The standard InChI is InChI=1S/C25H22N2O4/c1-3-31-20-10-6-17(7-11-20)22-21(23(28)18-12-14-26-15-13-18)24(29)25(30)27(22)19-8-4-16(2)5-9-19/h4-15,22,28H,3H2,1-2H3/b23-21-. The van der Waals surface area contributed by atoms with Crippen LogP contribution in [0, 0.1) is 6.92 Å². The Morgan fingerprint density at radius 3 is 2.26 bits per heavy atom. The minimum atomic E-state index is -0.772. The Bertz CT molecular complexity index is 1140. The number of pyridine rings is 1. The van der Waals surface area contributed by atoms with Gasteiger partial charge in [-0.25, -0.2) is 0 Å². The summed E-state index contributed by atoms with van der Waals surface area (Å²) in [6.45, 7) is 4.38. The van der Waals surface area contributed by atoms with E-state index in [1.807, 2.05) is 38.1 Å². The Morgan fingerprint density at radius 1 is 1.00 bits per heavy atom. The maximum atomic E-state index is 13.1. The first-order valence-corrected chi connectivity index (χ1v) is 10.0. The molecule has 1 amide bonds. The topological polar surface area (TPSA) is 79.7 Å². The SMILES string of the molecule is CCOc1ccc(C2/C(=C(/O)c3ccncc3)C(=O)C(=O)N2c2ccc(C)cc2)cc1. The number of carbonyl (C=O) groups excluding carboxylic acids is 2. The van der Waals surface area contributed by atoms with Crippen LogP contribution in [0.15, 0.2) is 78.6 Å². The van der Waals surface area contributed by atoms with Gasteiger partial charge in [0, 0.05) is 23.6 Å². The fourth-order valence-corrected chi connectivity index (χ4v) is 3.70. The van der Waals surface area contributed by atoms with Crippen LogP contribution >= 0.6 is 0 Å². The van der Waals surface area contributed by atoms with Gasteiger partial charge in [0.1, 0.15) is 11.5 Å². The van der Waals surface area contributed by atoms with Crippen molar-refractivity contribution < 1.29 is 19.4 Å². The molecule has 4 rings (SSSR count). The molecule has 1 aliphatic rings. The van der Waals surface area contributed by atoms with Crippen LogP contribution in [0.25, 0.3) is 5.76 Å². The summed E-state index contributed by atoms with van der Waals surface area (Å²) in [7, 11) is 0. The average molecular weight is 414 g/mol. The number of benzene rings is 2. The molecule has 1 aromatic heterocycles. The molecule has 31 heavy (non-hydrogen) atoms. The van der Waals surface area contributed by atoms with E-state index in [1.54, 1.807) is 36.4 Å². The second-order valence-corrected chi connectivity index (χ2v) is 7.24. The van der Waals surface area contributed by atoms with E-state index in [9.17, 15) is 14.7 Å². The number of hydrogen-bond donors (Lipinski definition) is 1. The summed E-state index contributed by atoms with van der Waals surface area (Å²) in [6, 6.07) is 17.0.